The average molecular weight is 402 g/mol. The molecule has 0 amide bonds. The van der Waals surface area contributed by atoms with Crippen LogP contribution in [-0.2, 0) is 5.41 Å². The van der Waals surface area contributed by atoms with Gasteiger partial charge in [-0.3, -0.25) is 4.79 Å². The molecule has 3 aromatic rings. The van der Waals surface area contributed by atoms with E-state index in [1.165, 1.54) is 6.07 Å². The minimum atomic E-state index is -0.865. The summed E-state index contributed by atoms with van der Waals surface area (Å²) in [6.07, 6.45) is -0.295. The summed E-state index contributed by atoms with van der Waals surface area (Å²) in [6, 6.07) is 9.33. The number of aliphatic hydroxyl groups excluding tert-OH is 1. The van der Waals surface area contributed by atoms with Crippen LogP contribution in [0.15, 0.2) is 45.6 Å². The van der Waals surface area contributed by atoms with Crippen molar-refractivity contribution in [1.82, 2.24) is 5.32 Å². The van der Waals surface area contributed by atoms with Crippen LogP contribution >= 0.6 is 11.6 Å². The largest absolute Gasteiger partial charge is 0.507 e. The fourth-order valence-electron chi connectivity index (χ4n) is 3.92. The van der Waals surface area contributed by atoms with Gasteiger partial charge in [-0.1, -0.05) is 30.7 Å². The van der Waals surface area contributed by atoms with Crippen molar-refractivity contribution < 1.29 is 19.7 Å². The van der Waals surface area contributed by atoms with Crippen molar-refractivity contribution in [3.05, 3.63) is 57.2 Å². The second-order valence-corrected chi connectivity index (χ2v) is 7.74. The van der Waals surface area contributed by atoms with Crippen LogP contribution in [0.5, 0.6) is 11.5 Å². The van der Waals surface area contributed by atoms with Crippen molar-refractivity contribution in [3.8, 4) is 22.8 Å². The summed E-state index contributed by atoms with van der Waals surface area (Å²) in [5, 5.41) is 35.1. The molecule has 0 saturated carbocycles. The SMILES string of the molecule is C[C@@]1(c2c(O)cc(O)c3c(=O)cc(-c4ccccc4Cl)oc23)CCNC[C@@H]1O. The second-order valence-electron chi connectivity index (χ2n) is 7.34. The number of aliphatic hydroxyl groups is 1. The predicted molar refractivity (Wildman–Crippen MR) is 107 cm³/mol. The van der Waals surface area contributed by atoms with E-state index in [0.29, 0.717) is 35.7 Å². The Balaban J connectivity index is 2.08. The molecular formula is C21H20ClNO5. The van der Waals surface area contributed by atoms with E-state index in [0.717, 1.165) is 6.07 Å². The molecular weight excluding hydrogens is 382 g/mol. The molecule has 6 nitrogen and oxygen atoms in total. The molecule has 1 aliphatic rings. The van der Waals surface area contributed by atoms with Crippen molar-refractivity contribution in [2.24, 2.45) is 0 Å². The van der Waals surface area contributed by atoms with E-state index >= 15 is 0 Å². The van der Waals surface area contributed by atoms with Crippen molar-refractivity contribution in [2.75, 3.05) is 13.1 Å². The zero-order valence-corrected chi connectivity index (χ0v) is 16.0. The van der Waals surface area contributed by atoms with E-state index in [-0.39, 0.29) is 28.2 Å². The summed E-state index contributed by atoms with van der Waals surface area (Å²) >= 11 is 6.25. The maximum Gasteiger partial charge on any atom is 0.197 e. The highest BCUT2D eigenvalue weighted by molar-refractivity contribution is 6.33. The number of nitrogens with one attached hydrogen (secondary N) is 1. The lowest BCUT2D eigenvalue weighted by Crippen LogP contribution is -2.50. The number of phenols is 2. The van der Waals surface area contributed by atoms with Gasteiger partial charge in [-0.15, -0.1) is 0 Å². The molecule has 28 heavy (non-hydrogen) atoms. The number of rotatable bonds is 2. The second kappa shape index (κ2) is 6.81. The quantitative estimate of drug-likeness (QED) is 0.526. The van der Waals surface area contributed by atoms with Crippen molar-refractivity contribution in [3.63, 3.8) is 0 Å². The lowest BCUT2D eigenvalue weighted by Gasteiger charge is -2.39. The van der Waals surface area contributed by atoms with E-state index in [2.05, 4.69) is 5.32 Å². The lowest BCUT2D eigenvalue weighted by atomic mass is 9.72. The van der Waals surface area contributed by atoms with Crippen LogP contribution in [0.1, 0.15) is 18.9 Å². The molecule has 0 unspecified atom stereocenters. The third-order valence-electron chi connectivity index (χ3n) is 5.57. The smallest absolute Gasteiger partial charge is 0.197 e. The predicted octanol–water partition coefficient (Wildman–Crippen LogP) is 3.14. The normalized spacial score (nSPS) is 22.5. The number of β-amino-alcohol motifs (C(OH)–C–C–N with tert-alkyl or cyclic N) is 1. The zero-order chi connectivity index (χ0) is 20.1. The number of hydrogen-bond donors (Lipinski definition) is 4. The number of benzene rings is 2. The van der Waals surface area contributed by atoms with E-state index < -0.39 is 16.9 Å². The lowest BCUT2D eigenvalue weighted by molar-refractivity contribution is 0.0627. The molecule has 2 atom stereocenters. The first-order chi connectivity index (χ1) is 13.3. The van der Waals surface area contributed by atoms with Crippen LogP contribution in [0.2, 0.25) is 5.02 Å². The molecule has 2 heterocycles. The molecule has 4 N–H and O–H groups in total. The zero-order valence-electron chi connectivity index (χ0n) is 15.2. The van der Waals surface area contributed by atoms with Gasteiger partial charge in [0.05, 0.1) is 11.1 Å². The van der Waals surface area contributed by atoms with Crippen LogP contribution in [0.25, 0.3) is 22.3 Å². The van der Waals surface area contributed by atoms with Gasteiger partial charge in [0.1, 0.15) is 28.2 Å². The Labute approximate surface area is 166 Å². The highest BCUT2D eigenvalue weighted by Gasteiger charge is 2.41. The van der Waals surface area contributed by atoms with Gasteiger partial charge in [0.15, 0.2) is 5.43 Å². The third kappa shape index (κ3) is 2.85. The molecule has 1 aliphatic heterocycles. The number of hydrogen-bond acceptors (Lipinski definition) is 6. The topological polar surface area (TPSA) is 103 Å². The Kier molecular flexibility index (Phi) is 4.57. The first-order valence-electron chi connectivity index (χ1n) is 9.00. The van der Waals surface area contributed by atoms with Gasteiger partial charge in [0, 0.05) is 35.2 Å². The van der Waals surface area contributed by atoms with E-state index in [1.807, 2.05) is 6.92 Å². The molecule has 7 heteroatoms. The molecule has 0 radical (unpaired) electrons. The molecule has 1 saturated heterocycles. The Hall–Kier alpha value is -2.54. The number of aromatic hydroxyl groups is 2. The Morgan fingerprint density at radius 3 is 2.68 bits per heavy atom. The Morgan fingerprint density at radius 1 is 1.21 bits per heavy atom. The van der Waals surface area contributed by atoms with Crippen molar-refractivity contribution in [1.29, 1.82) is 0 Å². The summed E-state index contributed by atoms with van der Waals surface area (Å²) < 4.78 is 6.03. The minimum Gasteiger partial charge on any atom is -0.507 e. The molecule has 0 spiro atoms. The molecule has 0 aliphatic carbocycles. The maximum absolute atomic E-state index is 12.8. The summed E-state index contributed by atoms with van der Waals surface area (Å²) in [4.78, 5) is 12.8. The molecule has 1 fully saturated rings. The highest BCUT2D eigenvalue weighted by Crippen LogP contribution is 2.45. The number of piperidine rings is 1. The van der Waals surface area contributed by atoms with Crippen LogP contribution in [0.4, 0.5) is 0 Å². The van der Waals surface area contributed by atoms with Crippen LogP contribution in [0.3, 0.4) is 0 Å². The fraction of sp³-hybridized carbons (Fsp3) is 0.286. The van der Waals surface area contributed by atoms with E-state index in [9.17, 15) is 20.1 Å². The number of fused-ring (bicyclic) bond motifs is 1. The minimum absolute atomic E-state index is 0.0319. The summed E-state index contributed by atoms with van der Waals surface area (Å²) in [6.45, 7) is 2.78. The first kappa shape index (κ1) is 18.8. The average Bonchev–Trinajstić information content (AvgIpc) is 2.64. The summed E-state index contributed by atoms with van der Waals surface area (Å²) in [5.41, 5.74) is -0.436. The molecule has 4 rings (SSSR count). The Morgan fingerprint density at radius 2 is 1.96 bits per heavy atom. The Bertz CT molecular complexity index is 1130. The third-order valence-corrected chi connectivity index (χ3v) is 5.89. The van der Waals surface area contributed by atoms with E-state index in [4.69, 9.17) is 16.0 Å². The van der Waals surface area contributed by atoms with Gasteiger partial charge in [0.2, 0.25) is 0 Å². The molecule has 146 valence electrons. The number of phenolic OH excluding ortho intramolecular Hbond substituents is 2. The van der Waals surface area contributed by atoms with Gasteiger partial charge in [-0.05, 0) is 25.1 Å². The monoisotopic (exact) mass is 401 g/mol. The first-order valence-corrected chi connectivity index (χ1v) is 9.37. The fourth-order valence-corrected chi connectivity index (χ4v) is 4.15. The molecule has 0 bridgehead atoms. The van der Waals surface area contributed by atoms with E-state index in [1.54, 1.807) is 24.3 Å². The van der Waals surface area contributed by atoms with Crippen LogP contribution < -0.4 is 10.7 Å². The standard InChI is InChI=1S/C21H20ClNO5/c1-21(6-7-23-10-17(21)27)19-15(26)8-13(24)18-14(25)9-16(28-20(18)19)11-4-2-3-5-12(11)22/h2-5,8-9,17,23-24,26-27H,6-7,10H2,1H3/t17-,21+/m0/s1. The maximum atomic E-state index is 12.8. The van der Waals surface area contributed by atoms with Crippen molar-refractivity contribution in [2.45, 2.75) is 24.9 Å². The summed E-state index contributed by atoms with van der Waals surface area (Å²) in [5.74, 6) is -0.378. The number of halogens is 1. The van der Waals surface area contributed by atoms with Gasteiger partial charge in [-0.2, -0.15) is 0 Å². The van der Waals surface area contributed by atoms with Gasteiger partial charge < -0.3 is 25.1 Å². The molecule has 1 aromatic heterocycles. The van der Waals surface area contributed by atoms with Gasteiger partial charge >= 0.3 is 0 Å². The highest BCUT2D eigenvalue weighted by atomic mass is 35.5. The molecule has 2 aromatic carbocycles. The van der Waals surface area contributed by atoms with Gasteiger partial charge in [0.25, 0.3) is 0 Å². The van der Waals surface area contributed by atoms with Crippen molar-refractivity contribution >= 4 is 22.6 Å². The summed E-state index contributed by atoms with van der Waals surface area (Å²) in [7, 11) is 0. The van der Waals surface area contributed by atoms with Crippen LogP contribution in [0, 0.1) is 0 Å². The van der Waals surface area contributed by atoms with Crippen LogP contribution in [-0.4, -0.2) is 34.5 Å². The van der Waals surface area contributed by atoms with Gasteiger partial charge in [-0.25, -0.2) is 0 Å².